The Kier molecular flexibility index (Phi) is 4.05. The van der Waals surface area contributed by atoms with Crippen molar-refractivity contribution < 1.29 is 4.74 Å². The second-order valence-electron chi connectivity index (χ2n) is 4.71. The maximum absolute atomic E-state index is 5.52. The molecule has 1 saturated heterocycles. The third-order valence-electron chi connectivity index (χ3n) is 3.33. The van der Waals surface area contributed by atoms with Crippen LogP contribution in [0.3, 0.4) is 0 Å². The van der Waals surface area contributed by atoms with E-state index in [4.69, 9.17) is 4.74 Å². The molecule has 0 aromatic carbocycles. The summed E-state index contributed by atoms with van der Waals surface area (Å²) < 4.78 is 7.55. The van der Waals surface area contributed by atoms with E-state index in [1.165, 1.54) is 23.5 Å². The minimum absolute atomic E-state index is 0.829. The van der Waals surface area contributed by atoms with Crippen LogP contribution in [0.1, 0.15) is 31.0 Å². The molecular formula is C13H23N3O. The molecule has 0 saturated carbocycles. The molecule has 1 aromatic heterocycles. The van der Waals surface area contributed by atoms with Gasteiger partial charge < -0.3 is 9.64 Å². The number of hydrogen-bond donors (Lipinski definition) is 0. The zero-order valence-corrected chi connectivity index (χ0v) is 11.2. The fourth-order valence-electron chi connectivity index (χ4n) is 2.59. The lowest BCUT2D eigenvalue weighted by molar-refractivity contribution is 0.152. The Balaban J connectivity index is 2.28. The number of nitrogens with zero attached hydrogens (tertiary/aromatic N) is 3. The van der Waals surface area contributed by atoms with Gasteiger partial charge >= 0.3 is 0 Å². The second-order valence-corrected chi connectivity index (χ2v) is 4.71. The maximum atomic E-state index is 5.52. The summed E-state index contributed by atoms with van der Waals surface area (Å²) in [6.07, 6.45) is 3.39. The van der Waals surface area contributed by atoms with Crippen LogP contribution in [0.15, 0.2) is 0 Å². The van der Waals surface area contributed by atoms with Gasteiger partial charge in [0.25, 0.3) is 0 Å². The number of anilines is 1. The molecule has 0 N–H and O–H groups in total. The molecule has 0 unspecified atom stereocenters. The van der Waals surface area contributed by atoms with Crippen molar-refractivity contribution in [3.63, 3.8) is 0 Å². The lowest BCUT2D eigenvalue weighted by Gasteiger charge is -2.23. The molecule has 4 nitrogen and oxygen atoms in total. The summed E-state index contributed by atoms with van der Waals surface area (Å²) in [6, 6.07) is 0. The standard InChI is InChI=1S/C13H23N3O/c1-4-6-12-11(2)14-15(3)13(12)16-7-5-9-17-10-8-16/h4-10H2,1-3H3. The van der Waals surface area contributed by atoms with Crippen molar-refractivity contribution in [1.82, 2.24) is 9.78 Å². The smallest absolute Gasteiger partial charge is 0.130 e. The summed E-state index contributed by atoms with van der Waals surface area (Å²) in [6.45, 7) is 8.11. The van der Waals surface area contributed by atoms with E-state index >= 15 is 0 Å². The molecule has 1 fully saturated rings. The molecule has 2 heterocycles. The van der Waals surface area contributed by atoms with Crippen LogP contribution >= 0.6 is 0 Å². The lowest BCUT2D eigenvalue weighted by atomic mass is 10.1. The van der Waals surface area contributed by atoms with Gasteiger partial charge in [-0.2, -0.15) is 5.10 Å². The Morgan fingerprint density at radius 3 is 2.88 bits per heavy atom. The molecule has 1 aliphatic heterocycles. The van der Waals surface area contributed by atoms with Crippen LogP contribution in [0.2, 0.25) is 0 Å². The third-order valence-corrected chi connectivity index (χ3v) is 3.33. The number of hydrogen-bond acceptors (Lipinski definition) is 3. The van der Waals surface area contributed by atoms with Crippen LogP contribution in [0, 0.1) is 6.92 Å². The predicted molar refractivity (Wildman–Crippen MR) is 69.6 cm³/mol. The van der Waals surface area contributed by atoms with Gasteiger partial charge in [0.1, 0.15) is 5.82 Å². The van der Waals surface area contributed by atoms with E-state index in [1.807, 2.05) is 11.7 Å². The van der Waals surface area contributed by atoms with Gasteiger partial charge in [-0.1, -0.05) is 13.3 Å². The number of aromatic nitrogens is 2. The molecular weight excluding hydrogens is 214 g/mol. The molecule has 0 aliphatic carbocycles. The highest BCUT2D eigenvalue weighted by molar-refractivity contribution is 5.50. The van der Waals surface area contributed by atoms with Crippen molar-refractivity contribution in [2.45, 2.75) is 33.1 Å². The molecule has 0 bridgehead atoms. The van der Waals surface area contributed by atoms with Gasteiger partial charge in [0.15, 0.2) is 0 Å². The van der Waals surface area contributed by atoms with Crippen molar-refractivity contribution in [1.29, 1.82) is 0 Å². The van der Waals surface area contributed by atoms with Crippen molar-refractivity contribution >= 4 is 5.82 Å². The predicted octanol–water partition coefficient (Wildman–Crippen LogP) is 1.91. The van der Waals surface area contributed by atoms with Crippen molar-refractivity contribution in [2.75, 3.05) is 31.2 Å². The summed E-state index contributed by atoms with van der Waals surface area (Å²) in [5.41, 5.74) is 2.59. The Labute approximate surface area is 104 Å². The van der Waals surface area contributed by atoms with E-state index in [-0.39, 0.29) is 0 Å². The monoisotopic (exact) mass is 237 g/mol. The van der Waals surface area contributed by atoms with Crippen LogP contribution in [0.4, 0.5) is 5.82 Å². The van der Waals surface area contributed by atoms with E-state index in [2.05, 4.69) is 23.8 Å². The van der Waals surface area contributed by atoms with E-state index in [0.29, 0.717) is 0 Å². The highest BCUT2D eigenvalue weighted by atomic mass is 16.5. The van der Waals surface area contributed by atoms with E-state index in [0.717, 1.165) is 39.1 Å². The Morgan fingerprint density at radius 2 is 2.12 bits per heavy atom. The molecule has 0 atom stereocenters. The minimum atomic E-state index is 0.829. The molecule has 17 heavy (non-hydrogen) atoms. The van der Waals surface area contributed by atoms with Crippen molar-refractivity contribution in [2.24, 2.45) is 7.05 Å². The lowest BCUT2D eigenvalue weighted by Crippen LogP contribution is -2.28. The summed E-state index contributed by atoms with van der Waals surface area (Å²) in [5, 5.41) is 4.57. The van der Waals surface area contributed by atoms with Crippen LogP contribution in [0.25, 0.3) is 0 Å². The van der Waals surface area contributed by atoms with Crippen molar-refractivity contribution in [3.05, 3.63) is 11.3 Å². The van der Waals surface area contributed by atoms with Crippen LogP contribution in [-0.4, -0.2) is 36.1 Å². The quantitative estimate of drug-likeness (QED) is 0.804. The molecule has 0 spiro atoms. The van der Waals surface area contributed by atoms with Gasteiger partial charge in [-0.05, 0) is 19.8 Å². The number of rotatable bonds is 3. The average Bonchev–Trinajstić information content (AvgIpc) is 2.52. The fourth-order valence-corrected chi connectivity index (χ4v) is 2.59. The minimum Gasteiger partial charge on any atom is -0.380 e. The van der Waals surface area contributed by atoms with Crippen LogP contribution < -0.4 is 4.90 Å². The Bertz CT molecular complexity index is 365. The molecule has 4 heteroatoms. The zero-order chi connectivity index (χ0) is 12.3. The van der Waals surface area contributed by atoms with Crippen molar-refractivity contribution in [3.8, 4) is 0 Å². The molecule has 0 radical (unpaired) electrons. The van der Waals surface area contributed by atoms with Gasteiger partial charge in [0.05, 0.1) is 12.3 Å². The number of aryl methyl sites for hydroxylation is 2. The zero-order valence-electron chi connectivity index (χ0n) is 11.2. The van der Waals surface area contributed by atoms with E-state index in [1.54, 1.807) is 0 Å². The first kappa shape index (κ1) is 12.4. The first-order valence-electron chi connectivity index (χ1n) is 6.59. The molecule has 96 valence electrons. The first-order chi connectivity index (χ1) is 8.24. The topological polar surface area (TPSA) is 30.3 Å². The van der Waals surface area contributed by atoms with Crippen LogP contribution in [0.5, 0.6) is 0 Å². The highest BCUT2D eigenvalue weighted by Gasteiger charge is 2.19. The first-order valence-corrected chi connectivity index (χ1v) is 6.59. The molecule has 0 amide bonds. The van der Waals surface area contributed by atoms with E-state index in [9.17, 15) is 0 Å². The summed E-state index contributed by atoms with van der Waals surface area (Å²) in [4.78, 5) is 2.43. The maximum Gasteiger partial charge on any atom is 0.130 e. The Morgan fingerprint density at radius 1 is 1.29 bits per heavy atom. The van der Waals surface area contributed by atoms with Gasteiger partial charge in [0, 0.05) is 32.3 Å². The number of ether oxygens (including phenoxy) is 1. The summed E-state index contributed by atoms with van der Waals surface area (Å²) >= 11 is 0. The average molecular weight is 237 g/mol. The summed E-state index contributed by atoms with van der Waals surface area (Å²) in [7, 11) is 2.05. The largest absolute Gasteiger partial charge is 0.380 e. The molecule has 2 rings (SSSR count). The van der Waals surface area contributed by atoms with Crippen LogP contribution in [-0.2, 0) is 18.2 Å². The van der Waals surface area contributed by atoms with Gasteiger partial charge in [0.2, 0.25) is 0 Å². The molecule has 1 aromatic rings. The second kappa shape index (κ2) is 5.54. The fraction of sp³-hybridized carbons (Fsp3) is 0.769. The Hall–Kier alpha value is -1.03. The molecule has 1 aliphatic rings. The SMILES string of the molecule is CCCc1c(C)nn(C)c1N1CCCOCC1. The highest BCUT2D eigenvalue weighted by Crippen LogP contribution is 2.25. The van der Waals surface area contributed by atoms with Gasteiger partial charge in [-0.3, -0.25) is 4.68 Å². The van der Waals surface area contributed by atoms with Gasteiger partial charge in [-0.25, -0.2) is 0 Å². The summed E-state index contributed by atoms with van der Waals surface area (Å²) in [5.74, 6) is 1.30. The third kappa shape index (κ3) is 2.63. The normalized spacial score (nSPS) is 17.2. The van der Waals surface area contributed by atoms with Gasteiger partial charge in [-0.15, -0.1) is 0 Å². The van der Waals surface area contributed by atoms with E-state index < -0.39 is 0 Å².